The highest BCUT2D eigenvalue weighted by Crippen LogP contribution is 2.22. The Balaban J connectivity index is 2.23. The number of halogens is 1. The summed E-state index contributed by atoms with van der Waals surface area (Å²) in [5.41, 5.74) is 0.170. The van der Waals surface area contributed by atoms with E-state index in [1.165, 1.54) is 6.07 Å². The molecule has 1 aromatic heterocycles. The first-order valence-electron chi connectivity index (χ1n) is 5.45. The molecule has 6 nitrogen and oxygen atoms in total. The number of rotatable bonds is 3. The minimum Gasteiger partial charge on any atom is -0.478 e. The maximum Gasteiger partial charge on any atom is 0.339 e. The van der Waals surface area contributed by atoms with Gasteiger partial charge in [0.1, 0.15) is 11.4 Å². The van der Waals surface area contributed by atoms with Gasteiger partial charge >= 0.3 is 5.97 Å². The number of aromatic carboxylic acids is 1. The molecule has 0 atom stereocenters. The zero-order valence-corrected chi connectivity index (χ0v) is 11.1. The molecule has 0 aromatic carbocycles. The Morgan fingerprint density at radius 3 is 2.61 bits per heavy atom. The molecule has 1 amide bonds. The van der Waals surface area contributed by atoms with Crippen LogP contribution < -0.4 is 4.90 Å². The number of hydrogen-bond donors (Lipinski definition) is 1. The molecule has 96 valence electrons. The van der Waals surface area contributed by atoms with Crippen molar-refractivity contribution in [2.45, 2.75) is 0 Å². The van der Waals surface area contributed by atoms with Crippen LogP contribution in [0, 0.1) is 0 Å². The molecule has 0 saturated carbocycles. The first-order chi connectivity index (χ1) is 8.61. The fourth-order valence-corrected chi connectivity index (χ4v) is 2.21. The van der Waals surface area contributed by atoms with Crippen molar-refractivity contribution in [2.24, 2.45) is 0 Å². The maximum absolute atomic E-state index is 11.2. The van der Waals surface area contributed by atoms with E-state index in [0.29, 0.717) is 36.5 Å². The molecule has 1 aliphatic rings. The minimum absolute atomic E-state index is 0.170. The predicted octanol–water partition coefficient (Wildman–Crippen LogP) is 0.821. The molecule has 1 saturated heterocycles. The van der Waals surface area contributed by atoms with Gasteiger partial charge in [-0.3, -0.25) is 4.79 Å². The van der Waals surface area contributed by atoms with Crippen LogP contribution in [0.1, 0.15) is 10.4 Å². The molecule has 18 heavy (non-hydrogen) atoms. The molecular formula is C11H12BrN3O3. The molecular weight excluding hydrogens is 302 g/mol. The number of hydrogen-bond acceptors (Lipinski definition) is 4. The Labute approximate surface area is 112 Å². The Bertz CT molecular complexity index is 473. The smallest absolute Gasteiger partial charge is 0.339 e. The first kappa shape index (κ1) is 12.8. The van der Waals surface area contributed by atoms with E-state index in [-0.39, 0.29) is 5.56 Å². The SMILES string of the molecule is O=CN1CCN(c2ncc(Br)cc2C(=O)O)CC1. The lowest BCUT2D eigenvalue weighted by Gasteiger charge is -2.33. The standard InChI is InChI=1S/C11H12BrN3O3/c12-8-5-9(11(17)18)10(13-6-8)15-3-1-14(7-16)2-4-15/h5-7H,1-4H2,(H,17,18). The largest absolute Gasteiger partial charge is 0.478 e. The van der Waals surface area contributed by atoms with Gasteiger partial charge in [0.15, 0.2) is 0 Å². The third kappa shape index (κ3) is 2.61. The number of carboxylic acid groups (broad SMARTS) is 1. The molecule has 1 aliphatic heterocycles. The monoisotopic (exact) mass is 313 g/mol. The van der Waals surface area contributed by atoms with E-state index in [2.05, 4.69) is 20.9 Å². The highest BCUT2D eigenvalue weighted by atomic mass is 79.9. The van der Waals surface area contributed by atoms with E-state index < -0.39 is 5.97 Å². The number of amides is 1. The topological polar surface area (TPSA) is 73.7 Å². The second-order valence-electron chi connectivity index (χ2n) is 3.96. The summed E-state index contributed by atoms with van der Waals surface area (Å²) < 4.78 is 0.634. The molecule has 1 aromatic rings. The number of pyridine rings is 1. The number of carbonyl (C=O) groups excluding carboxylic acids is 1. The summed E-state index contributed by atoms with van der Waals surface area (Å²) in [6, 6.07) is 1.54. The van der Waals surface area contributed by atoms with Crippen molar-refractivity contribution >= 4 is 34.1 Å². The summed E-state index contributed by atoms with van der Waals surface area (Å²) in [6.45, 7) is 2.35. The number of aromatic nitrogens is 1. The van der Waals surface area contributed by atoms with Crippen LogP contribution in [0.3, 0.4) is 0 Å². The molecule has 0 aliphatic carbocycles. The maximum atomic E-state index is 11.2. The van der Waals surface area contributed by atoms with Crippen LogP contribution in [-0.2, 0) is 4.79 Å². The molecule has 7 heteroatoms. The summed E-state index contributed by atoms with van der Waals surface area (Å²) in [5, 5.41) is 9.16. The third-order valence-electron chi connectivity index (χ3n) is 2.83. The quantitative estimate of drug-likeness (QED) is 0.836. The fraction of sp³-hybridized carbons (Fsp3) is 0.364. The van der Waals surface area contributed by atoms with Gasteiger partial charge in [0.2, 0.25) is 6.41 Å². The zero-order valence-electron chi connectivity index (χ0n) is 9.54. The molecule has 2 rings (SSSR count). The van der Waals surface area contributed by atoms with E-state index in [1.807, 2.05) is 4.90 Å². The van der Waals surface area contributed by atoms with Crippen LogP contribution >= 0.6 is 15.9 Å². The van der Waals surface area contributed by atoms with E-state index in [0.717, 1.165) is 6.41 Å². The van der Waals surface area contributed by atoms with Gasteiger partial charge in [0.05, 0.1) is 0 Å². The number of nitrogens with zero attached hydrogens (tertiary/aromatic N) is 3. The summed E-state index contributed by atoms with van der Waals surface area (Å²) in [4.78, 5) is 29.5. The molecule has 0 spiro atoms. The number of piperazine rings is 1. The van der Waals surface area contributed by atoms with E-state index in [4.69, 9.17) is 5.11 Å². The lowest BCUT2D eigenvalue weighted by molar-refractivity contribution is -0.118. The molecule has 0 radical (unpaired) electrons. The Morgan fingerprint density at radius 1 is 1.39 bits per heavy atom. The van der Waals surface area contributed by atoms with Crippen molar-refractivity contribution in [3.63, 3.8) is 0 Å². The van der Waals surface area contributed by atoms with Crippen molar-refractivity contribution in [1.29, 1.82) is 0 Å². The Morgan fingerprint density at radius 2 is 2.06 bits per heavy atom. The Hall–Kier alpha value is -1.63. The van der Waals surface area contributed by atoms with E-state index in [9.17, 15) is 9.59 Å². The van der Waals surface area contributed by atoms with Crippen molar-refractivity contribution in [2.75, 3.05) is 31.1 Å². The van der Waals surface area contributed by atoms with Gasteiger partial charge in [0, 0.05) is 36.8 Å². The van der Waals surface area contributed by atoms with Crippen LogP contribution in [0.25, 0.3) is 0 Å². The van der Waals surface area contributed by atoms with Crippen molar-refractivity contribution in [1.82, 2.24) is 9.88 Å². The lowest BCUT2D eigenvalue weighted by atomic mass is 10.2. The molecule has 1 N–H and O–H groups in total. The van der Waals surface area contributed by atoms with Crippen LogP contribution in [0.15, 0.2) is 16.7 Å². The van der Waals surface area contributed by atoms with Crippen molar-refractivity contribution < 1.29 is 14.7 Å². The minimum atomic E-state index is -1.00. The number of anilines is 1. The van der Waals surface area contributed by atoms with Gasteiger partial charge in [0.25, 0.3) is 0 Å². The van der Waals surface area contributed by atoms with Gasteiger partial charge in [-0.1, -0.05) is 0 Å². The van der Waals surface area contributed by atoms with Gasteiger partial charge < -0.3 is 14.9 Å². The van der Waals surface area contributed by atoms with Crippen LogP contribution in [0.5, 0.6) is 0 Å². The first-order valence-corrected chi connectivity index (χ1v) is 6.24. The van der Waals surface area contributed by atoms with Crippen LogP contribution in [0.4, 0.5) is 5.82 Å². The summed E-state index contributed by atoms with van der Waals surface area (Å²) in [5.74, 6) is -0.548. The molecule has 1 fully saturated rings. The second kappa shape index (κ2) is 5.34. The van der Waals surface area contributed by atoms with Gasteiger partial charge in [-0.25, -0.2) is 9.78 Å². The molecule has 0 bridgehead atoms. The fourth-order valence-electron chi connectivity index (χ4n) is 1.88. The van der Waals surface area contributed by atoms with Crippen LogP contribution in [0.2, 0.25) is 0 Å². The summed E-state index contributed by atoms with van der Waals surface area (Å²) in [6.07, 6.45) is 2.39. The van der Waals surface area contributed by atoms with Crippen molar-refractivity contribution in [3.8, 4) is 0 Å². The normalized spacial score (nSPS) is 15.6. The van der Waals surface area contributed by atoms with Crippen molar-refractivity contribution in [3.05, 3.63) is 22.3 Å². The third-order valence-corrected chi connectivity index (χ3v) is 3.26. The average molecular weight is 314 g/mol. The second-order valence-corrected chi connectivity index (χ2v) is 4.87. The van der Waals surface area contributed by atoms with Gasteiger partial charge in [-0.05, 0) is 22.0 Å². The zero-order chi connectivity index (χ0) is 13.1. The summed E-state index contributed by atoms with van der Waals surface area (Å²) in [7, 11) is 0. The number of carbonyl (C=O) groups is 2. The summed E-state index contributed by atoms with van der Waals surface area (Å²) >= 11 is 3.21. The molecule has 0 unspecified atom stereocenters. The van der Waals surface area contributed by atoms with Gasteiger partial charge in [-0.2, -0.15) is 0 Å². The highest BCUT2D eigenvalue weighted by Gasteiger charge is 2.22. The van der Waals surface area contributed by atoms with E-state index in [1.54, 1.807) is 11.1 Å². The Kier molecular flexibility index (Phi) is 3.81. The van der Waals surface area contributed by atoms with E-state index >= 15 is 0 Å². The molecule has 2 heterocycles. The highest BCUT2D eigenvalue weighted by molar-refractivity contribution is 9.10. The lowest BCUT2D eigenvalue weighted by Crippen LogP contribution is -2.46. The van der Waals surface area contributed by atoms with Gasteiger partial charge in [-0.15, -0.1) is 0 Å². The van der Waals surface area contributed by atoms with Crippen LogP contribution in [-0.4, -0.2) is 53.5 Å². The average Bonchev–Trinajstić information content (AvgIpc) is 2.39. The number of carboxylic acids is 1. The predicted molar refractivity (Wildman–Crippen MR) is 68.7 cm³/mol.